The van der Waals surface area contributed by atoms with E-state index in [1.54, 1.807) is 0 Å². The van der Waals surface area contributed by atoms with E-state index in [1.807, 2.05) is 43.4 Å². The van der Waals surface area contributed by atoms with Gasteiger partial charge in [0.25, 0.3) is 0 Å². The van der Waals surface area contributed by atoms with Gasteiger partial charge in [0, 0.05) is 36.7 Å². The van der Waals surface area contributed by atoms with Crippen LogP contribution in [0.4, 0.5) is 0 Å². The van der Waals surface area contributed by atoms with Gasteiger partial charge in [-0.05, 0) is 11.6 Å². The van der Waals surface area contributed by atoms with E-state index in [0.29, 0.717) is 6.54 Å². The van der Waals surface area contributed by atoms with Crippen LogP contribution in [-0.2, 0) is 11.8 Å². The topological polar surface area (TPSA) is 69.5 Å². The van der Waals surface area contributed by atoms with Crippen LogP contribution in [0, 0.1) is 5.92 Å². The van der Waals surface area contributed by atoms with Crippen molar-refractivity contribution >= 4 is 22.6 Å². The summed E-state index contributed by atoms with van der Waals surface area (Å²) < 4.78 is 2.12. The second-order valence-electron chi connectivity index (χ2n) is 7.69. The summed E-state index contributed by atoms with van der Waals surface area (Å²) in [5.74, 6) is -0.106. The fraction of sp³-hybridized carbons (Fsp3) is 0.304. The molecular weight excluding hydrogens is 350 g/mol. The summed E-state index contributed by atoms with van der Waals surface area (Å²) in [5, 5.41) is 1.00. The van der Waals surface area contributed by atoms with Gasteiger partial charge in [-0.15, -0.1) is 0 Å². The molecule has 0 bridgehead atoms. The molecule has 3 aromatic rings. The van der Waals surface area contributed by atoms with Gasteiger partial charge in [0.05, 0.1) is 24.3 Å². The molecule has 3 N–H and O–H groups in total. The summed E-state index contributed by atoms with van der Waals surface area (Å²) >= 11 is 0. The number of likely N-dealkylation sites (tertiary alicyclic amines) is 1. The third-order valence-corrected chi connectivity index (χ3v) is 5.94. The number of para-hydroxylation sites is 1. The Balaban J connectivity index is 1.68. The number of hydrogen-bond donors (Lipinski definition) is 2. The van der Waals surface area contributed by atoms with Gasteiger partial charge in [0.2, 0.25) is 11.7 Å². The van der Waals surface area contributed by atoms with Crippen molar-refractivity contribution in [3.63, 3.8) is 0 Å². The van der Waals surface area contributed by atoms with Crippen LogP contribution in [0.5, 0.6) is 0 Å². The van der Waals surface area contributed by atoms with Gasteiger partial charge in [-0.25, -0.2) is 0 Å². The average molecular weight is 376 g/mol. The lowest BCUT2D eigenvalue weighted by Gasteiger charge is -2.27. The van der Waals surface area contributed by atoms with Crippen molar-refractivity contribution in [3.05, 3.63) is 60.2 Å². The number of amides is 1. The Kier molecular flexibility index (Phi) is 5.01. The molecule has 2 heterocycles. The first-order valence-electron chi connectivity index (χ1n) is 9.85. The van der Waals surface area contributed by atoms with Gasteiger partial charge in [-0.1, -0.05) is 48.5 Å². The molecule has 0 unspecified atom stereocenters. The summed E-state index contributed by atoms with van der Waals surface area (Å²) in [4.78, 5) is 26.1. The number of nitrogens with two attached hydrogens (primary N) is 1. The molecular formula is C23H26N3O2+. The minimum atomic E-state index is -0.217. The second kappa shape index (κ2) is 7.60. The number of rotatable bonds is 5. The van der Waals surface area contributed by atoms with Crippen LogP contribution in [0.25, 0.3) is 22.2 Å². The minimum absolute atomic E-state index is 0.0451. The first-order chi connectivity index (χ1) is 13.6. The molecule has 0 radical (unpaired) electrons. The highest BCUT2D eigenvalue weighted by Crippen LogP contribution is 2.33. The quantitative estimate of drug-likeness (QED) is 0.667. The van der Waals surface area contributed by atoms with Gasteiger partial charge in [0.15, 0.2) is 0 Å². The maximum atomic E-state index is 13.4. The molecule has 1 saturated heterocycles. The Morgan fingerprint density at radius 3 is 2.36 bits per heavy atom. The SMILES string of the molecule is Cn1c(-c2ccccc2)c(C(=O)C[NH+]2CCC(C(N)=O)CC2)c2ccccc21. The van der Waals surface area contributed by atoms with E-state index in [4.69, 9.17) is 5.73 Å². The third-order valence-electron chi connectivity index (χ3n) is 5.94. The van der Waals surface area contributed by atoms with E-state index < -0.39 is 0 Å². The van der Waals surface area contributed by atoms with Crippen molar-refractivity contribution in [1.82, 2.24) is 4.57 Å². The predicted octanol–water partition coefficient (Wildman–Crippen LogP) is 1.81. The number of aromatic nitrogens is 1. The van der Waals surface area contributed by atoms with Crippen molar-refractivity contribution < 1.29 is 14.5 Å². The van der Waals surface area contributed by atoms with Crippen LogP contribution in [0.1, 0.15) is 23.2 Å². The standard InChI is InChI=1S/C23H25N3O2/c1-25-19-10-6-5-9-18(19)21(22(25)16-7-3-2-4-8-16)20(27)15-26-13-11-17(12-14-26)23(24)28/h2-10,17H,11-15H2,1H3,(H2,24,28)/p+1. The Morgan fingerprint density at radius 2 is 1.68 bits per heavy atom. The van der Waals surface area contributed by atoms with Crippen LogP contribution in [0.2, 0.25) is 0 Å². The lowest BCUT2D eigenvalue weighted by Crippen LogP contribution is -3.14. The minimum Gasteiger partial charge on any atom is -0.369 e. The lowest BCUT2D eigenvalue weighted by atomic mass is 9.95. The number of Topliss-reactive ketones (excluding diaryl/α,β-unsaturated/α-hetero) is 1. The smallest absolute Gasteiger partial charge is 0.220 e. The molecule has 144 valence electrons. The number of nitrogens with one attached hydrogen (secondary N) is 1. The highest BCUT2D eigenvalue weighted by atomic mass is 16.1. The van der Waals surface area contributed by atoms with Crippen LogP contribution in [0.3, 0.4) is 0 Å². The fourth-order valence-corrected chi connectivity index (χ4v) is 4.41. The van der Waals surface area contributed by atoms with Crippen LogP contribution in [0.15, 0.2) is 54.6 Å². The van der Waals surface area contributed by atoms with E-state index in [-0.39, 0.29) is 17.6 Å². The molecule has 5 heteroatoms. The van der Waals surface area contributed by atoms with E-state index in [9.17, 15) is 9.59 Å². The maximum Gasteiger partial charge on any atom is 0.220 e. The van der Waals surface area contributed by atoms with Crippen LogP contribution in [-0.4, -0.2) is 35.9 Å². The Hall–Kier alpha value is -2.92. The van der Waals surface area contributed by atoms with Crippen molar-refractivity contribution in [2.45, 2.75) is 12.8 Å². The number of quaternary nitrogens is 1. The van der Waals surface area contributed by atoms with Crippen LogP contribution >= 0.6 is 0 Å². The number of nitrogens with zero attached hydrogens (tertiary/aromatic N) is 1. The molecule has 1 fully saturated rings. The molecule has 28 heavy (non-hydrogen) atoms. The molecule has 0 spiro atoms. The molecule has 0 saturated carbocycles. The fourth-order valence-electron chi connectivity index (χ4n) is 4.41. The molecule has 4 rings (SSSR count). The zero-order chi connectivity index (χ0) is 19.7. The number of carbonyl (C=O) groups is 2. The molecule has 5 nitrogen and oxygen atoms in total. The van der Waals surface area contributed by atoms with E-state index >= 15 is 0 Å². The lowest BCUT2D eigenvalue weighted by molar-refractivity contribution is -0.897. The summed E-state index contributed by atoms with van der Waals surface area (Å²) in [6.07, 6.45) is 1.53. The van der Waals surface area contributed by atoms with Gasteiger partial charge in [0.1, 0.15) is 6.54 Å². The van der Waals surface area contributed by atoms with Gasteiger partial charge >= 0.3 is 0 Å². The number of fused-ring (bicyclic) bond motifs is 1. The maximum absolute atomic E-state index is 13.4. The molecule has 0 atom stereocenters. The molecule has 1 aliphatic heterocycles. The summed E-state index contributed by atoms with van der Waals surface area (Å²) in [5.41, 5.74) is 9.32. The Morgan fingerprint density at radius 1 is 1.04 bits per heavy atom. The zero-order valence-electron chi connectivity index (χ0n) is 16.2. The van der Waals surface area contributed by atoms with E-state index in [1.165, 1.54) is 4.90 Å². The molecule has 1 amide bonds. The predicted molar refractivity (Wildman–Crippen MR) is 110 cm³/mol. The third kappa shape index (κ3) is 3.34. The van der Waals surface area contributed by atoms with Crippen molar-refractivity contribution in [2.24, 2.45) is 18.7 Å². The molecule has 1 aromatic heterocycles. The van der Waals surface area contributed by atoms with Gasteiger partial charge < -0.3 is 15.2 Å². The molecule has 0 aliphatic carbocycles. The zero-order valence-corrected chi connectivity index (χ0v) is 16.2. The van der Waals surface area contributed by atoms with Crippen molar-refractivity contribution in [3.8, 4) is 11.3 Å². The number of ketones is 1. The number of piperidine rings is 1. The summed E-state index contributed by atoms with van der Waals surface area (Å²) in [7, 11) is 2.02. The number of carbonyl (C=O) groups excluding carboxylic acids is 2. The van der Waals surface area contributed by atoms with E-state index in [2.05, 4.69) is 22.8 Å². The van der Waals surface area contributed by atoms with Gasteiger partial charge in [-0.3, -0.25) is 9.59 Å². The highest BCUT2D eigenvalue weighted by molar-refractivity contribution is 6.14. The Bertz CT molecular complexity index is 1020. The normalized spacial score (nSPS) is 19.6. The van der Waals surface area contributed by atoms with Crippen molar-refractivity contribution in [2.75, 3.05) is 19.6 Å². The summed E-state index contributed by atoms with van der Waals surface area (Å²) in [6, 6.07) is 18.2. The average Bonchev–Trinajstić information content (AvgIpc) is 3.02. The Labute approximate surface area is 164 Å². The molecule has 2 aromatic carbocycles. The first-order valence-corrected chi connectivity index (χ1v) is 9.85. The monoisotopic (exact) mass is 376 g/mol. The van der Waals surface area contributed by atoms with Crippen LogP contribution < -0.4 is 10.6 Å². The largest absolute Gasteiger partial charge is 0.369 e. The first kappa shape index (κ1) is 18.4. The van der Waals surface area contributed by atoms with Gasteiger partial charge in [-0.2, -0.15) is 0 Å². The molecule has 1 aliphatic rings. The number of primary amides is 1. The number of benzene rings is 2. The number of aryl methyl sites for hydroxylation is 1. The number of hydrogen-bond acceptors (Lipinski definition) is 2. The highest BCUT2D eigenvalue weighted by Gasteiger charge is 2.29. The van der Waals surface area contributed by atoms with E-state index in [0.717, 1.165) is 53.7 Å². The van der Waals surface area contributed by atoms with Crippen molar-refractivity contribution in [1.29, 1.82) is 0 Å². The second-order valence-corrected chi connectivity index (χ2v) is 7.69. The summed E-state index contributed by atoms with van der Waals surface area (Å²) in [6.45, 7) is 2.06.